The fourth-order valence-corrected chi connectivity index (χ4v) is 5.49. The van der Waals surface area contributed by atoms with Gasteiger partial charge in [-0.1, -0.05) is 25.0 Å². The maximum atomic E-state index is 13.2. The average molecular weight is 402 g/mol. The first-order valence-corrected chi connectivity index (χ1v) is 11.2. The number of amides is 3. The number of piperidine rings is 1. The van der Waals surface area contributed by atoms with E-state index in [4.69, 9.17) is 0 Å². The van der Waals surface area contributed by atoms with Gasteiger partial charge in [0.05, 0.1) is 5.69 Å². The predicted octanol–water partition coefficient (Wildman–Crippen LogP) is 2.57. The highest BCUT2D eigenvalue weighted by Crippen LogP contribution is 2.39. The summed E-state index contributed by atoms with van der Waals surface area (Å²) in [5.41, 5.74) is 0.724. The largest absolute Gasteiger partial charge is 0.352 e. The van der Waals surface area contributed by atoms with Crippen molar-refractivity contribution in [2.45, 2.75) is 61.1 Å². The molecule has 0 spiro atoms. The fraction of sp³-hybridized carbons (Fsp3) is 0.571. The van der Waals surface area contributed by atoms with Crippen LogP contribution in [0.15, 0.2) is 29.2 Å². The summed E-state index contributed by atoms with van der Waals surface area (Å²) in [6.07, 6.45) is 7.39. The molecule has 4 rings (SSSR count). The topological polar surface area (TPSA) is 69.7 Å². The van der Waals surface area contributed by atoms with Crippen molar-refractivity contribution >= 4 is 35.2 Å². The molecule has 2 heterocycles. The van der Waals surface area contributed by atoms with Gasteiger partial charge in [0.15, 0.2) is 5.25 Å². The lowest BCUT2D eigenvalue weighted by Gasteiger charge is -2.36. The zero-order chi connectivity index (χ0) is 19.5. The van der Waals surface area contributed by atoms with Crippen molar-refractivity contribution in [2.24, 2.45) is 0 Å². The number of benzene rings is 1. The van der Waals surface area contributed by atoms with Crippen LogP contribution in [0.5, 0.6) is 0 Å². The van der Waals surface area contributed by atoms with E-state index in [0.717, 1.165) is 55.5 Å². The van der Waals surface area contributed by atoms with Gasteiger partial charge in [-0.05, 0) is 44.2 Å². The third kappa shape index (κ3) is 4.04. The van der Waals surface area contributed by atoms with E-state index in [1.54, 1.807) is 0 Å². The number of likely N-dealkylation sites (tertiary alicyclic amines) is 1. The van der Waals surface area contributed by atoms with Crippen LogP contribution in [-0.2, 0) is 14.4 Å². The minimum atomic E-state index is -0.799. The molecule has 2 fully saturated rings. The zero-order valence-corrected chi connectivity index (χ0v) is 16.9. The molecular weight excluding hydrogens is 374 g/mol. The van der Waals surface area contributed by atoms with Gasteiger partial charge in [-0.2, -0.15) is 0 Å². The lowest BCUT2D eigenvalue weighted by molar-refractivity contribution is -0.136. The molecule has 1 atom stereocenters. The Morgan fingerprint density at radius 2 is 1.75 bits per heavy atom. The van der Waals surface area contributed by atoms with Crippen LogP contribution in [0.4, 0.5) is 5.69 Å². The smallest absolute Gasteiger partial charge is 0.250 e. The Labute approximate surface area is 170 Å². The second kappa shape index (κ2) is 8.55. The van der Waals surface area contributed by atoms with Crippen LogP contribution in [0.25, 0.3) is 0 Å². The third-order valence-electron chi connectivity index (χ3n) is 5.81. The fourth-order valence-electron chi connectivity index (χ4n) is 4.30. The molecule has 3 aliphatic rings. The first-order chi connectivity index (χ1) is 13.6. The molecule has 7 heteroatoms. The second-order valence-corrected chi connectivity index (χ2v) is 8.97. The molecule has 150 valence electrons. The number of nitrogens with one attached hydrogen (secondary N) is 1. The molecule has 1 aromatic carbocycles. The molecule has 0 aromatic heterocycles. The van der Waals surface area contributed by atoms with Crippen LogP contribution in [0.1, 0.15) is 44.9 Å². The van der Waals surface area contributed by atoms with Crippen molar-refractivity contribution in [1.82, 2.24) is 10.2 Å². The zero-order valence-electron chi connectivity index (χ0n) is 16.1. The Balaban J connectivity index is 1.52. The summed E-state index contributed by atoms with van der Waals surface area (Å²) in [7, 11) is 0. The van der Waals surface area contributed by atoms with Crippen molar-refractivity contribution < 1.29 is 14.4 Å². The molecule has 3 amide bonds. The minimum Gasteiger partial charge on any atom is -0.352 e. The standard InChI is InChI=1S/C21H27N3O3S/c25-18(22-15-8-2-3-9-15)14-24-16-10-4-5-11-17(16)28-19(21(24)27)20(26)23-12-6-1-7-13-23/h4-5,10-11,15,19H,1-3,6-9,12-14H2,(H,22,25). The van der Waals surface area contributed by atoms with Gasteiger partial charge < -0.3 is 15.1 Å². The van der Waals surface area contributed by atoms with Gasteiger partial charge >= 0.3 is 0 Å². The van der Waals surface area contributed by atoms with Crippen LogP contribution < -0.4 is 10.2 Å². The van der Waals surface area contributed by atoms with Crippen LogP contribution in [0.3, 0.4) is 0 Å². The molecule has 1 unspecified atom stereocenters. The Hall–Kier alpha value is -2.02. The molecular formula is C21H27N3O3S. The molecule has 1 aromatic rings. The Morgan fingerprint density at radius 3 is 2.50 bits per heavy atom. The SMILES string of the molecule is O=C(CN1C(=O)C(C(=O)N2CCCCC2)Sc2ccccc21)NC1CCCC1. The predicted molar refractivity (Wildman–Crippen MR) is 109 cm³/mol. The van der Waals surface area contributed by atoms with Gasteiger partial charge in [-0.25, -0.2) is 0 Å². The maximum Gasteiger partial charge on any atom is 0.250 e. The summed E-state index contributed by atoms with van der Waals surface area (Å²) in [6.45, 7) is 1.40. The minimum absolute atomic E-state index is 0.0311. The highest BCUT2D eigenvalue weighted by atomic mass is 32.2. The van der Waals surface area contributed by atoms with Gasteiger partial charge in [-0.3, -0.25) is 14.4 Å². The van der Waals surface area contributed by atoms with E-state index < -0.39 is 5.25 Å². The van der Waals surface area contributed by atoms with Crippen molar-refractivity contribution in [3.8, 4) is 0 Å². The second-order valence-electron chi connectivity index (χ2n) is 7.82. The molecule has 2 aliphatic heterocycles. The molecule has 0 bridgehead atoms. The van der Waals surface area contributed by atoms with Crippen molar-refractivity contribution in [3.05, 3.63) is 24.3 Å². The lowest BCUT2D eigenvalue weighted by Crippen LogP contribution is -2.53. The van der Waals surface area contributed by atoms with Crippen LogP contribution in [0.2, 0.25) is 0 Å². The number of para-hydroxylation sites is 1. The number of thioether (sulfide) groups is 1. The molecule has 1 aliphatic carbocycles. The third-order valence-corrected chi connectivity index (χ3v) is 7.04. The maximum absolute atomic E-state index is 13.2. The highest BCUT2D eigenvalue weighted by molar-refractivity contribution is 8.01. The van der Waals surface area contributed by atoms with Crippen molar-refractivity contribution in [1.29, 1.82) is 0 Å². The van der Waals surface area contributed by atoms with E-state index in [9.17, 15) is 14.4 Å². The van der Waals surface area contributed by atoms with Crippen LogP contribution in [0, 0.1) is 0 Å². The number of hydrogen-bond acceptors (Lipinski definition) is 4. The van der Waals surface area contributed by atoms with E-state index in [2.05, 4.69) is 5.32 Å². The number of carbonyl (C=O) groups is 3. The number of rotatable bonds is 4. The van der Waals surface area contributed by atoms with E-state index in [-0.39, 0.29) is 30.3 Å². The first-order valence-electron chi connectivity index (χ1n) is 10.3. The summed E-state index contributed by atoms with van der Waals surface area (Å²) in [5, 5.41) is 2.25. The summed E-state index contributed by atoms with van der Waals surface area (Å²) < 4.78 is 0. The number of anilines is 1. The quantitative estimate of drug-likeness (QED) is 0.788. The van der Waals surface area contributed by atoms with E-state index >= 15 is 0 Å². The van der Waals surface area contributed by atoms with Crippen molar-refractivity contribution in [2.75, 3.05) is 24.5 Å². The van der Waals surface area contributed by atoms with Crippen LogP contribution >= 0.6 is 11.8 Å². The van der Waals surface area contributed by atoms with Crippen molar-refractivity contribution in [3.63, 3.8) is 0 Å². The summed E-state index contributed by atoms with van der Waals surface area (Å²) in [6, 6.07) is 7.75. The number of carbonyl (C=O) groups excluding carboxylic acids is 3. The number of hydrogen-bond donors (Lipinski definition) is 1. The molecule has 0 radical (unpaired) electrons. The van der Waals surface area contributed by atoms with Gasteiger partial charge in [0.1, 0.15) is 6.54 Å². The van der Waals surface area contributed by atoms with Crippen LogP contribution in [-0.4, -0.2) is 53.5 Å². The molecule has 1 saturated heterocycles. The summed E-state index contributed by atoms with van der Waals surface area (Å²) in [5.74, 6) is -0.544. The molecule has 1 N–H and O–H groups in total. The number of fused-ring (bicyclic) bond motifs is 1. The average Bonchev–Trinajstić information content (AvgIpc) is 3.23. The van der Waals surface area contributed by atoms with Gasteiger partial charge in [-0.15, -0.1) is 11.8 Å². The van der Waals surface area contributed by atoms with E-state index in [1.807, 2.05) is 29.2 Å². The molecule has 1 saturated carbocycles. The van der Waals surface area contributed by atoms with E-state index in [1.165, 1.54) is 16.7 Å². The van der Waals surface area contributed by atoms with Gasteiger partial charge in [0, 0.05) is 24.0 Å². The monoisotopic (exact) mass is 401 g/mol. The lowest BCUT2D eigenvalue weighted by atomic mass is 10.1. The molecule has 28 heavy (non-hydrogen) atoms. The normalized spacial score (nSPS) is 22.9. The summed E-state index contributed by atoms with van der Waals surface area (Å²) >= 11 is 1.32. The summed E-state index contributed by atoms with van der Waals surface area (Å²) in [4.78, 5) is 43.0. The van der Waals surface area contributed by atoms with Gasteiger partial charge in [0.25, 0.3) is 5.91 Å². The van der Waals surface area contributed by atoms with Gasteiger partial charge in [0.2, 0.25) is 11.8 Å². The Bertz CT molecular complexity index is 757. The Morgan fingerprint density at radius 1 is 1.04 bits per heavy atom. The first kappa shape index (κ1) is 19.3. The molecule has 6 nitrogen and oxygen atoms in total. The van der Waals surface area contributed by atoms with E-state index in [0.29, 0.717) is 13.1 Å². The number of nitrogens with zero attached hydrogens (tertiary/aromatic N) is 2. The highest BCUT2D eigenvalue weighted by Gasteiger charge is 2.41. The Kier molecular flexibility index (Phi) is 5.90.